The Labute approximate surface area is 179 Å². The molecule has 0 bridgehead atoms. The van der Waals surface area contributed by atoms with Gasteiger partial charge in [0.2, 0.25) is 0 Å². The fourth-order valence-electron chi connectivity index (χ4n) is 3.21. The summed E-state index contributed by atoms with van der Waals surface area (Å²) < 4.78 is 11.8. The van der Waals surface area contributed by atoms with E-state index >= 15 is 0 Å². The molecule has 0 saturated carbocycles. The van der Waals surface area contributed by atoms with Gasteiger partial charge in [0.25, 0.3) is 0 Å². The van der Waals surface area contributed by atoms with E-state index in [0.717, 1.165) is 50.2 Å². The van der Waals surface area contributed by atoms with Gasteiger partial charge in [-0.15, -0.1) is 24.0 Å². The monoisotopic (exact) mass is 489 g/mol. The van der Waals surface area contributed by atoms with Crippen molar-refractivity contribution in [2.45, 2.75) is 19.1 Å². The third-order valence-corrected chi connectivity index (χ3v) is 4.85. The van der Waals surface area contributed by atoms with E-state index in [9.17, 15) is 0 Å². The van der Waals surface area contributed by atoms with Gasteiger partial charge in [0.15, 0.2) is 17.5 Å². The van der Waals surface area contributed by atoms with Crippen LogP contribution in [0.2, 0.25) is 0 Å². The summed E-state index contributed by atoms with van der Waals surface area (Å²) in [5.41, 5.74) is 0. The molecular weight excluding hydrogens is 457 g/mol. The average Bonchev–Trinajstić information content (AvgIpc) is 2.66. The number of likely N-dealkylation sites (N-methyl/N-ethyl adjacent to an activating group) is 2. The Kier molecular flexibility index (Phi) is 8.91. The van der Waals surface area contributed by atoms with E-state index in [1.54, 1.807) is 0 Å². The molecule has 0 aromatic heterocycles. The van der Waals surface area contributed by atoms with E-state index in [1.807, 2.05) is 24.3 Å². The zero-order valence-electron chi connectivity index (χ0n) is 16.5. The van der Waals surface area contributed by atoms with Gasteiger partial charge >= 0.3 is 0 Å². The molecule has 0 amide bonds. The fourth-order valence-corrected chi connectivity index (χ4v) is 3.21. The first-order valence-corrected chi connectivity index (χ1v) is 9.45. The number of guanidine groups is 1. The lowest BCUT2D eigenvalue weighted by Gasteiger charge is -2.37. The second-order valence-corrected chi connectivity index (χ2v) is 6.99. The number of para-hydroxylation sites is 2. The number of nitrogens with one attached hydrogen (secondary N) is 2. The van der Waals surface area contributed by atoms with E-state index < -0.39 is 0 Å². The van der Waals surface area contributed by atoms with Crippen molar-refractivity contribution < 1.29 is 9.47 Å². The number of rotatable bonds is 5. The Morgan fingerprint density at radius 2 is 1.96 bits per heavy atom. The number of benzene rings is 1. The number of nitrogens with zero attached hydrogens (tertiary/aromatic N) is 3. The van der Waals surface area contributed by atoms with E-state index in [2.05, 4.69) is 41.5 Å². The maximum absolute atomic E-state index is 6.00. The van der Waals surface area contributed by atoms with Crippen LogP contribution in [0.15, 0.2) is 29.3 Å². The molecular formula is C19H32IN5O2. The summed E-state index contributed by atoms with van der Waals surface area (Å²) in [7, 11) is 4.35. The number of hydrogen-bond acceptors (Lipinski definition) is 5. The molecule has 2 atom stereocenters. The van der Waals surface area contributed by atoms with Gasteiger partial charge in [0.05, 0.1) is 13.1 Å². The maximum atomic E-state index is 6.00. The number of ether oxygens (including phenoxy) is 2. The lowest BCUT2D eigenvalue weighted by atomic mass is 10.2. The zero-order chi connectivity index (χ0) is 18.4. The Morgan fingerprint density at radius 3 is 2.74 bits per heavy atom. The van der Waals surface area contributed by atoms with Crippen molar-refractivity contribution in [1.82, 2.24) is 20.4 Å². The van der Waals surface area contributed by atoms with Gasteiger partial charge < -0.3 is 25.0 Å². The molecule has 0 radical (unpaired) electrons. The van der Waals surface area contributed by atoms with Crippen LogP contribution in [-0.2, 0) is 0 Å². The van der Waals surface area contributed by atoms with Crippen molar-refractivity contribution in [1.29, 1.82) is 0 Å². The predicted octanol–water partition coefficient (Wildman–Crippen LogP) is 1.25. The number of fused-ring (bicyclic) bond motifs is 1. The van der Waals surface area contributed by atoms with Crippen LogP contribution in [-0.4, -0.2) is 87.9 Å². The van der Waals surface area contributed by atoms with Gasteiger partial charge in [0.1, 0.15) is 12.7 Å². The Balaban J connectivity index is 0.00000261. The third kappa shape index (κ3) is 6.39. The number of hydrogen-bond donors (Lipinski definition) is 2. The van der Waals surface area contributed by atoms with Crippen molar-refractivity contribution >= 4 is 29.9 Å². The van der Waals surface area contributed by atoms with E-state index in [-0.39, 0.29) is 30.1 Å². The minimum Gasteiger partial charge on any atom is -0.486 e. The number of halogens is 1. The smallest absolute Gasteiger partial charge is 0.191 e. The summed E-state index contributed by atoms with van der Waals surface area (Å²) >= 11 is 0. The SMILES string of the molecule is CCNC(=NCC1CN(C)CCN1C)NCC1COc2ccccc2O1.I. The van der Waals surface area contributed by atoms with E-state index in [0.29, 0.717) is 19.2 Å². The van der Waals surface area contributed by atoms with Crippen LogP contribution in [0.3, 0.4) is 0 Å². The van der Waals surface area contributed by atoms with Crippen LogP contribution in [0.25, 0.3) is 0 Å². The topological polar surface area (TPSA) is 61.4 Å². The van der Waals surface area contributed by atoms with Crippen LogP contribution in [0.4, 0.5) is 0 Å². The molecule has 152 valence electrons. The van der Waals surface area contributed by atoms with Crippen LogP contribution >= 0.6 is 24.0 Å². The lowest BCUT2D eigenvalue weighted by molar-refractivity contribution is 0.0935. The van der Waals surface area contributed by atoms with Gasteiger partial charge in [-0.2, -0.15) is 0 Å². The summed E-state index contributed by atoms with van der Waals surface area (Å²) in [6, 6.07) is 8.24. The van der Waals surface area contributed by atoms with Crippen LogP contribution < -0.4 is 20.1 Å². The second-order valence-electron chi connectivity index (χ2n) is 6.99. The molecule has 0 aliphatic carbocycles. The van der Waals surface area contributed by atoms with Crippen molar-refractivity contribution in [3.8, 4) is 11.5 Å². The first-order chi connectivity index (χ1) is 12.7. The molecule has 3 rings (SSSR count). The first kappa shape index (κ1) is 22.0. The van der Waals surface area contributed by atoms with E-state index in [1.165, 1.54) is 0 Å². The average molecular weight is 489 g/mol. The van der Waals surface area contributed by atoms with Gasteiger partial charge in [0, 0.05) is 32.2 Å². The van der Waals surface area contributed by atoms with Crippen LogP contribution in [0, 0.1) is 0 Å². The highest BCUT2D eigenvalue weighted by molar-refractivity contribution is 14.0. The molecule has 2 N–H and O–H groups in total. The number of aliphatic imine (C=N–C) groups is 1. The second kappa shape index (κ2) is 10.9. The molecule has 1 saturated heterocycles. The van der Waals surface area contributed by atoms with Gasteiger partial charge in [-0.25, -0.2) is 0 Å². The first-order valence-electron chi connectivity index (χ1n) is 9.45. The Morgan fingerprint density at radius 1 is 1.19 bits per heavy atom. The molecule has 2 aliphatic rings. The molecule has 1 aromatic carbocycles. The molecule has 8 heteroatoms. The van der Waals surface area contributed by atoms with E-state index in [4.69, 9.17) is 14.5 Å². The molecule has 2 unspecified atom stereocenters. The summed E-state index contributed by atoms with van der Waals surface area (Å²) in [5, 5.41) is 6.71. The summed E-state index contributed by atoms with van der Waals surface area (Å²) in [6.45, 7) is 8.14. The summed E-state index contributed by atoms with van der Waals surface area (Å²) in [4.78, 5) is 9.54. The molecule has 2 heterocycles. The Hall–Kier alpha value is -1.26. The standard InChI is InChI=1S/C19H31N5O2.HI/c1-4-20-19(21-11-15-13-23(2)9-10-24(15)3)22-12-16-14-25-17-7-5-6-8-18(17)26-16;/h5-8,15-16H,4,9-14H2,1-3H3,(H2,20,21,22);1H. The lowest BCUT2D eigenvalue weighted by Crippen LogP contribution is -2.52. The van der Waals surface area contributed by atoms with Gasteiger partial charge in [-0.3, -0.25) is 9.89 Å². The van der Waals surface area contributed by atoms with Crippen molar-refractivity contribution in [2.24, 2.45) is 4.99 Å². The minimum absolute atomic E-state index is 0. The largest absolute Gasteiger partial charge is 0.486 e. The van der Waals surface area contributed by atoms with Crippen molar-refractivity contribution in [2.75, 3.05) is 60.0 Å². The van der Waals surface area contributed by atoms with Crippen molar-refractivity contribution in [3.05, 3.63) is 24.3 Å². The van der Waals surface area contributed by atoms with Crippen LogP contribution in [0.5, 0.6) is 11.5 Å². The highest BCUT2D eigenvalue weighted by Crippen LogP contribution is 2.30. The minimum atomic E-state index is -0.0303. The summed E-state index contributed by atoms with van der Waals surface area (Å²) in [6.07, 6.45) is -0.0303. The predicted molar refractivity (Wildman–Crippen MR) is 120 cm³/mol. The third-order valence-electron chi connectivity index (χ3n) is 4.85. The highest BCUT2D eigenvalue weighted by Gasteiger charge is 2.23. The maximum Gasteiger partial charge on any atom is 0.191 e. The molecule has 7 nitrogen and oxygen atoms in total. The van der Waals surface area contributed by atoms with Crippen molar-refractivity contribution in [3.63, 3.8) is 0 Å². The van der Waals surface area contributed by atoms with Gasteiger partial charge in [-0.1, -0.05) is 12.1 Å². The molecule has 1 aromatic rings. The highest BCUT2D eigenvalue weighted by atomic mass is 127. The normalized spacial score (nSPS) is 23.4. The van der Waals surface area contributed by atoms with Crippen LogP contribution in [0.1, 0.15) is 6.92 Å². The quantitative estimate of drug-likeness (QED) is 0.369. The molecule has 1 fully saturated rings. The molecule has 27 heavy (non-hydrogen) atoms. The fraction of sp³-hybridized carbons (Fsp3) is 0.632. The zero-order valence-corrected chi connectivity index (χ0v) is 18.8. The molecule has 2 aliphatic heterocycles. The number of piperazine rings is 1. The van der Waals surface area contributed by atoms with Gasteiger partial charge in [-0.05, 0) is 33.2 Å². The summed E-state index contributed by atoms with van der Waals surface area (Å²) in [5.74, 6) is 2.45. The Bertz CT molecular complexity index is 616. The molecule has 0 spiro atoms.